The van der Waals surface area contributed by atoms with Crippen LogP contribution in [0.25, 0.3) is 11.1 Å². The summed E-state index contributed by atoms with van der Waals surface area (Å²) in [6.45, 7) is 7.58. The number of terminal acetylenes is 1. The fourth-order valence-electron chi connectivity index (χ4n) is 4.19. The third kappa shape index (κ3) is 3.69. The van der Waals surface area contributed by atoms with Crippen LogP contribution in [0.4, 0.5) is 0 Å². The molecule has 2 unspecified atom stereocenters. The van der Waals surface area contributed by atoms with Crippen molar-refractivity contribution in [1.82, 2.24) is 4.90 Å². The molecule has 2 aliphatic heterocycles. The monoisotopic (exact) mass is 389 g/mol. The van der Waals surface area contributed by atoms with Crippen LogP contribution in [0.2, 0.25) is 0 Å². The van der Waals surface area contributed by atoms with Gasteiger partial charge in [0.1, 0.15) is 6.10 Å². The Bertz CT molecular complexity index is 936. The maximum Gasteiger partial charge on any atom is 0.233 e. The van der Waals surface area contributed by atoms with Crippen LogP contribution in [0, 0.1) is 12.3 Å². The van der Waals surface area contributed by atoms with Crippen molar-refractivity contribution < 1.29 is 14.3 Å². The maximum atomic E-state index is 13.0. The zero-order valence-corrected chi connectivity index (χ0v) is 17.3. The molecule has 1 amide bonds. The van der Waals surface area contributed by atoms with Gasteiger partial charge < -0.3 is 14.4 Å². The number of carbonyl (C=O) groups excluding carboxylic acids is 1. The summed E-state index contributed by atoms with van der Waals surface area (Å²) in [6, 6.07) is 16.2. The van der Waals surface area contributed by atoms with Crippen LogP contribution < -0.4 is 0 Å². The quantitative estimate of drug-likeness (QED) is 0.636. The number of fused-ring (bicyclic) bond motifs is 1. The van der Waals surface area contributed by atoms with Crippen molar-refractivity contribution in [2.45, 2.75) is 44.5 Å². The van der Waals surface area contributed by atoms with Crippen LogP contribution in [0.15, 0.2) is 48.5 Å². The van der Waals surface area contributed by atoms with Gasteiger partial charge >= 0.3 is 0 Å². The predicted octanol–water partition coefficient (Wildman–Crippen LogP) is 3.98. The Kier molecular flexibility index (Phi) is 4.98. The van der Waals surface area contributed by atoms with Gasteiger partial charge in [0.25, 0.3) is 0 Å². The number of amides is 1. The van der Waals surface area contributed by atoms with Crippen molar-refractivity contribution in [2.24, 2.45) is 0 Å². The Morgan fingerprint density at radius 2 is 1.76 bits per heavy atom. The number of carbonyl (C=O) groups is 1. The largest absolute Gasteiger partial charge is 0.348 e. The van der Waals surface area contributed by atoms with E-state index in [1.54, 1.807) is 0 Å². The molecule has 2 fully saturated rings. The minimum atomic E-state index is -0.563. The molecule has 1 aromatic rings. The van der Waals surface area contributed by atoms with Gasteiger partial charge in [-0.2, -0.15) is 0 Å². The SMILES string of the molecule is C#Cc1ccccc1C1(C)CCN(CC2COC(C)(C)O2)C1=O.c1cc2ccc1-2. The van der Waals surface area contributed by atoms with Gasteiger partial charge in [-0.15, -0.1) is 6.42 Å². The molecule has 0 radical (unpaired) electrons. The van der Waals surface area contributed by atoms with E-state index in [-0.39, 0.29) is 12.0 Å². The van der Waals surface area contributed by atoms with Crippen LogP contribution in [0.3, 0.4) is 0 Å². The van der Waals surface area contributed by atoms with Crippen LogP contribution in [-0.4, -0.2) is 42.4 Å². The summed E-state index contributed by atoms with van der Waals surface area (Å²) in [5, 5.41) is 0. The average molecular weight is 389 g/mol. The fraction of sp³-hybridized carbons (Fsp3) is 0.400. The Morgan fingerprint density at radius 1 is 1.10 bits per heavy atom. The zero-order valence-electron chi connectivity index (χ0n) is 17.3. The van der Waals surface area contributed by atoms with E-state index in [9.17, 15) is 4.79 Å². The molecule has 2 heterocycles. The Morgan fingerprint density at radius 3 is 2.28 bits per heavy atom. The van der Waals surface area contributed by atoms with Crippen LogP contribution in [-0.2, 0) is 19.7 Å². The van der Waals surface area contributed by atoms with E-state index in [2.05, 4.69) is 30.2 Å². The average Bonchev–Trinajstić information content (AvgIpc) is 3.19. The van der Waals surface area contributed by atoms with Gasteiger partial charge in [0.15, 0.2) is 5.79 Å². The fourth-order valence-corrected chi connectivity index (χ4v) is 4.19. The number of hydrogen-bond acceptors (Lipinski definition) is 3. The number of benzene rings is 2. The second-order valence-electron chi connectivity index (χ2n) is 8.55. The van der Waals surface area contributed by atoms with Crippen molar-refractivity contribution >= 4 is 5.91 Å². The van der Waals surface area contributed by atoms with Crippen molar-refractivity contribution in [3.63, 3.8) is 0 Å². The van der Waals surface area contributed by atoms with E-state index in [1.165, 1.54) is 11.1 Å². The molecule has 4 aliphatic rings. The molecular formula is C25H27NO3. The van der Waals surface area contributed by atoms with E-state index >= 15 is 0 Å². The molecule has 29 heavy (non-hydrogen) atoms. The molecule has 2 saturated heterocycles. The van der Waals surface area contributed by atoms with E-state index in [1.807, 2.05) is 49.9 Å². The third-order valence-corrected chi connectivity index (χ3v) is 6.03. The highest BCUT2D eigenvalue weighted by atomic mass is 16.7. The molecule has 0 spiro atoms. The second-order valence-corrected chi connectivity index (χ2v) is 8.55. The lowest BCUT2D eigenvalue weighted by Gasteiger charge is -2.26. The summed E-state index contributed by atoms with van der Waals surface area (Å²) in [6.07, 6.45) is 6.30. The first-order valence-electron chi connectivity index (χ1n) is 10.1. The normalized spacial score (nSPS) is 25.9. The van der Waals surface area contributed by atoms with Gasteiger partial charge in [-0.3, -0.25) is 4.79 Å². The molecule has 0 aromatic heterocycles. The van der Waals surface area contributed by atoms with Crippen molar-refractivity contribution in [1.29, 1.82) is 0 Å². The molecule has 2 aliphatic carbocycles. The highest BCUT2D eigenvalue weighted by Gasteiger charge is 2.46. The third-order valence-electron chi connectivity index (χ3n) is 6.03. The minimum absolute atomic E-state index is 0.0702. The molecular weight excluding hydrogens is 362 g/mol. The summed E-state index contributed by atoms with van der Waals surface area (Å²) in [5.41, 5.74) is 4.04. The maximum absolute atomic E-state index is 13.0. The first kappa shape index (κ1) is 19.7. The van der Waals surface area contributed by atoms with Crippen molar-refractivity contribution in [3.05, 3.63) is 59.7 Å². The van der Waals surface area contributed by atoms with Crippen molar-refractivity contribution in [2.75, 3.05) is 19.7 Å². The standard InChI is InChI=1S/C19H23NO3.C6H4/c1-5-14-8-6-7-9-16(14)19(4)10-11-20(17(19)21)12-15-13-22-18(2,3)23-15;1-2-6-4-3-5(1)6/h1,6-9,15H,10-13H2,2-4H3;1-4H. The molecule has 1 aromatic carbocycles. The van der Waals surface area contributed by atoms with Crippen LogP contribution >= 0.6 is 0 Å². The number of likely N-dealkylation sites (tertiary alicyclic amines) is 1. The van der Waals surface area contributed by atoms with Gasteiger partial charge in [-0.05, 0) is 49.9 Å². The van der Waals surface area contributed by atoms with E-state index in [4.69, 9.17) is 15.9 Å². The lowest BCUT2D eigenvalue weighted by Crippen LogP contribution is -2.40. The molecule has 5 rings (SSSR count). The molecule has 2 atom stereocenters. The summed E-state index contributed by atoms with van der Waals surface area (Å²) in [7, 11) is 0. The van der Waals surface area contributed by atoms with Crippen molar-refractivity contribution in [3.8, 4) is 23.5 Å². The molecule has 0 N–H and O–H groups in total. The molecule has 0 saturated carbocycles. The summed E-state index contributed by atoms with van der Waals surface area (Å²) in [4.78, 5) is 14.9. The van der Waals surface area contributed by atoms with E-state index in [0.29, 0.717) is 19.7 Å². The van der Waals surface area contributed by atoms with Gasteiger partial charge in [-0.25, -0.2) is 0 Å². The number of hydrogen-bond donors (Lipinski definition) is 0. The number of ether oxygens (including phenoxy) is 2. The highest BCUT2D eigenvalue weighted by Crippen LogP contribution is 2.37. The highest BCUT2D eigenvalue weighted by molar-refractivity contribution is 5.90. The Hall–Kier alpha value is -2.61. The smallest absolute Gasteiger partial charge is 0.233 e. The minimum Gasteiger partial charge on any atom is -0.348 e. The first-order chi connectivity index (χ1) is 13.8. The molecule has 4 heteroatoms. The topological polar surface area (TPSA) is 38.8 Å². The predicted molar refractivity (Wildman–Crippen MR) is 113 cm³/mol. The number of rotatable bonds is 3. The Balaban J connectivity index is 0.000000286. The second kappa shape index (κ2) is 7.33. The van der Waals surface area contributed by atoms with Gasteiger partial charge in [0, 0.05) is 18.7 Å². The Labute approximate surface area is 172 Å². The van der Waals surface area contributed by atoms with E-state index in [0.717, 1.165) is 17.5 Å². The van der Waals surface area contributed by atoms with E-state index < -0.39 is 11.2 Å². The lowest BCUT2D eigenvalue weighted by atomic mass is 9.78. The summed E-state index contributed by atoms with van der Waals surface area (Å²) >= 11 is 0. The van der Waals surface area contributed by atoms with Gasteiger partial charge in [0.05, 0.1) is 12.0 Å². The lowest BCUT2D eigenvalue weighted by molar-refractivity contribution is -0.145. The van der Waals surface area contributed by atoms with Gasteiger partial charge in [0.2, 0.25) is 5.91 Å². The molecule has 0 bridgehead atoms. The summed E-state index contributed by atoms with van der Waals surface area (Å²) < 4.78 is 11.4. The summed E-state index contributed by atoms with van der Waals surface area (Å²) in [5.74, 6) is 2.26. The first-order valence-corrected chi connectivity index (χ1v) is 10.1. The molecule has 4 nitrogen and oxygen atoms in total. The number of nitrogens with zero attached hydrogens (tertiary/aromatic N) is 1. The van der Waals surface area contributed by atoms with Crippen LogP contribution in [0.1, 0.15) is 38.3 Å². The molecule has 150 valence electrons. The zero-order chi connectivity index (χ0) is 20.6. The van der Waals surface area contributed by atoms with Gasteiger partial charge in [-0.1, -0.05) is 48.4 Å². The van der Waals surface area contributed by atoms with Crippen LogP contribution in [0.5, 0.6) is 0 Å².